The molecule has 2 fully saturated rings. The van der Waals surface area contributed by atoms with Gasteiger partial charge in [-0.15, -0.1) is 0 Å². The summed E-state index contributed by atoms with van der Waals surface area (Å²) in [5.41, 5.74) is 0. The van der Waals surface area contributed by atoms with E-state index in [1.807, 2.05) is 0 Å². The van der Waals surface area contributed by atoms with Gasteiger partial charge in [-0.1, -0.05) is 25.7 Å². The zero-order valence-electron chi connectivity index (χ0n) is 8.96. The molecule has 0 spiro atoms. The van der Waals surface area contributed by atoms with Crippen molar-refractivity contribution >= 4 is 5.91 Å². The summed E-state index contributed by atoms with van der Waals surface area (Å²) in [5, 5.41) is 3.21. The number of rotatable bonds is 1. The van der Waals surface area contributed by atoms with Crippen molar-refractivity contribution < 1.29 is 4.79 Å². The topological polar surface area (TPSA) is 32.3 Å². The van der Waals surface area contributed by atoms with Gasteiger partial charge in [-0.25, -0.2) is 0 Å². The van der Waals surface area contributed by atoms with Gasteiger partial charge in [0.25, 0.3) is 0 Å². The molecule has 0 aromatic carbocycles. The van der Waals surface area contributed by atoms with Crippen molar-refractivity contribution in [2.24, 2.45) is 0 Å². The van der Waals surface area contributed by atoms with Crippen LogP contribution >= 0.6 is 0 Å². The van der Waals surface area contributed by atoms with Gasteiger partial charge >= 0.3 is 0 Å². The molecule has 2 rings (SSSR count). The van der Waals surface area contributed by atoms with Crippen molar-refractivity contribution in [3.63, 3.8) is 0 Å². The molecule has 1 aliphatic carbocycles. The molecule has 3 heteroatoms. The number of carbonyl (C=O) groups is 1. The Kier molecular flexibility index (Phi) is 3.06. The van der Waals surface area contributed by atoms with Crippen LogP contribution in [0.3, 0.4) is 0 Å². The Morgan fingerprint density at radius 3 is 2.36 bits per heavy atom. The summed E-state index contributed by atoms with van der Waals surface area (Å²) < 4.78 is 0. The fraction of sp³-hybridized carbons (Fsp3) is 0.909. The van der Waals surface area contributed by atoms with Crippen LogP contribution in [0.25, 0.3) is 0 Å². The van der Waals surface area contributed by atoms with Gasteiger partial charge in [0.15, 0.2) is 0 Å². The van der Waals surface area contributed by atoms with Gasteiger partial charge in [0, 0.05) is 6.04 Å². The number of nitrogens with one attached hydrogen (secondary N) is 1. The van der Waals surface area contributed by atoms with Crippen molar-refractivity contribution in [3.05, 3.63) is 0 Å². The van der Waals surface area contributed by atoms with Gasteiger partial charge in [-0.05, 0) is 19.8 Å². The van der Waals surface area contributed by atoms with Gasteiger partial charge in [0.1, 0.15) is 0 Å². The van der Waals surface area contributed by atoms with E-state index in [1.54, 1.807) is 0 Å². The van der Waals surface area contributed by atoms with E-state index in [1.165, 1.54) is 38.5 Å². The van der Waals surface area contributed by atoms with Crippen molar-refractivity contribution in [3.8, 4) is 0 Å². The maximum atomic E-state index is 11.7. The molecule has 1 amide bonds. The van der Waals surface area contributed by atoms with Gasteiger partial charge < -0.3 is 4.90 Å². The molecule has 3 nitrogen and oxygen atoms in total. The van der Waals surface area contributed by atoms with Crippen molar-refractivity contribution in [2.75, 3.05) is 6.54 Å². The molecule has 0 aromatic heterocycles. The van der Waals surface area contributed by atoms with E-state index in [9.17, 15) is 4.79 Å². The highest BCUT2D eigenvalue weighted by molar-refractivity contribution is 5.80. The van der Waals surface area contributed by atoms with Crippen molar-refractivity contribution in [1.82, 2.24) is 10.2 Å². The highest BCUT2D eigenvalue weighted by Gasteiger charge is 2.32. The van der Waals surface area contributed by atoms with Gasteiger partial charge in [0.2, 0.25) is 5.91 Å². The Morgan fingerprint density at radius 2 is 1.86 bits per heavy atom. The number of carbonyl (C=O) groups excluding carboxylic acids is 1. The highest BCUT2D eigenvalue weighted by atomic mass is 16.2. The predicted octanol–water partition coefficient (Wildman–Crippen LogP) is 1.49. The van der Waals surface area contributed by atoms with Crippen LogP contribution in [0.4, 0.5) is 0 Å². The fourth-order valence-corrected chi connectivity index (χ4v) is 2.70. The Labute approximate surface area is 85.8 Å². The summed E-state index contributed by atoms with van der Waals surface area (Å²) in [7, 11) is 0. The van der Waals surface area contributed by atoms with Crippen molar-refractivity contribution in [2.45, 2.75) is 57.7 Å². The zero-order valence-corrected chi connectivity index (χ0v) is 8.96. The average Bonchev–Trinajstić information content (AvgIpc) is 2.45. The van der Waals surface area contributed by atoms with E-state index < -0.39 is 0 Å². The predicted molar refractivity (Wildman–Crippen MR) is 55.8 cm³/mol. The maximum absolute atomic E-state index is 11.7. The van der Waals surface area contributed by atoms with E-state index in [-0.39, 0.29) is 6.17 Å². The first-order valence-electron chi connectivity index (χ1n) is 5.83. The molecule has 0 bridgehead atoms. The molecule has 14 heavy (non-hydrogen) atoms. The monoisotopic (exact) mass is 196 g/mol. The molecular weight excluding hydrogens is 176 g/mol. The summed E-state index contributed by atoms with van der Waals surface area (Å²) in [6.07, 6.45) is 7.95. The Morgan fingerprint density at radius 1 is 1.21 bits per heavy atom. The quantitative estimate of drug-likeness (QED) is 0.644. The molecule has 1 unspecified atom stereocenters. The summed E-state index contributed by atoms with van der Waals surface area (Å²) in [4.78, 5) is 13.7. The second kappa shape index (κ2) is 4.30. The average molecular weight is 196 g/mol. The minimum absolute atomic E-state index is 0.255. The van der Waals surface area contributed by atoms with Crippen LogP contribution in [0.15, 0.2) is 0 Å². The van der Waals surface area contributed by atoms with Gasteiger partial charge in [-0.2, -0.15) is 0 Å². The molecule has 1 heterocycles. The van der Waals surface area contributed by atoms with Crippen LogP contribution < -0.4 is 5.32 Å². The Bertz CT molecular complexity index is 209. The Balaban J connectivity index is 2.00. The minimum atomic E-state index is 0.255. The summed E-state index contributed by atoms with van der Waals surface area (Å²) >= 11 is 0. The smallest absolute Gasteiger partial charge is 0.238 e. The van der Waals surface area contributed by atoms with E-state index in [0.717, 1.165) is 0 Å². The lowest BCUT2D eigenvalue weighted by molar-refractivity contribution is -0.130. The SMILES string of the molecule is CC1NCC(=O)N1C1CCCCCC1. The lowest BCUT2D eigenvalue weighted by atomic mass is 10.1. The zero-order chi connectivity index (χ0) is 9.97. The second-order valence-corrected chi connectivity index (χ2v) is 4.50. The first kappa shape index (κ1) is 9.97. The molecule has 2 aliphatic rings. The molecular formula is C11H20N2O. The van der Waals surface area contributed by atoms with E-state index in [2.05, 4.69) is 17.1 Å². The molecule has 1 saturated heterocycles. The number of amides is 1. The standard InChI is InChI=1S/C11H20N2O/c1-9-12-8-11(14)13(9)10-6-4-2-3-5-7-10/h9-10,12H,2-8H2,1H3. The lowest BCUT2D eigenvalue weighted by Gasteiger charge is -2.30. The van der Waals surface area contributed by atoms with Crippen LogP contribution in [-0.4, -0.2) is 29.6 Å². The summed E-state index contributed by atoms with van der Waals surface area (Å²) in [6.45, 7) is 2.63. The molecule has 1 saturated carbocycles. The van der Waals surface area contributed by atoms with Crippen LogP contribution in [0.1, 0.15) is 45.4 Å². The number of nitrogens with zero attached hydrogens (tertiary/aromatic N) is 1. The lowest BCUT2D eigenvalue weighted by Crippen LogP contribution is -2.42. The molecule has 0 aromatic rings. The van der Waals surface area contributed by atoms with Crippen LogP contribution in [-0.2, 0) is 4.79 Å². The van der Waals surface area contributed by atoms with E-state index >= 15 is 0 Å². The van der Waals surface area contributed by atoms with E-state index in [4.69, 9.17) is 0 Å². The number of hydrogen-bond donors (Lipinski definition) is 1. The van der Waals surface area contributed by atoms with Gasteiger partial charge in [-0.3, -0.25) is 10.1 Å². The minimum Gasteiger partial charge on any atom is -0.323 e. The molecule has 1 aliphatic heterocycles. The van der Waals surface area contributed by atoms with Crippen LogP contribution in [0.2, 0.25) is 0 Å². The van der Waals surface area contributed by atoms with Crippen LogP contribution in [0, 0.1) is 0 Å². The second-order valence-electron chi connectivity index (χ2n) is 4.50. The molecule has 1 N–H and O–H groups in total. The van der Waals surface area contributed by atoms with Crippen molar-refractivity contribution in [1.29, 1.82) is 0 Å². The third-order valence-electron chi connectivity index (χ3n) is 3.47. The summed E-state index contributed by atoms with van der Waals surface area (Å²) in [5.74, 6) is 0.296. The van der Waals surface area contributed by atoms with Gasteiger partial charge in [0.05, 0.1) is 12.7 Å². The Hall–Kier alpha value is -0.570. The first-order valence-corrected chi connectivity index (χ1v) is 5.83. The molecule has 0 radical (unpaired) electrons. The van der Waals surface area contributed by atoms with Crippen LogP contribution in [0.5, 0.6) is 0 Å². The third-order valence-corrected chi connectivity index (χ3v) is 3.47. The normalized spacial score (nSPS) is 30.8. The molecule has 80 valence electrons. The van der Waals surface area contributed by atoms with E-state index in [0.29, 0.717) is 18.5 Å². The highest BCUT2D eigenvalue weighted by Crippen LogP contribution is 2.24. The molecule has 1 atom stereocenters. The fourth-order valence-electron chi connectivity index (χ4n) is 2.70. The largest absolute Gasteiger partial charge is 0.323 e. The number of hydrogen-bond acceptors (Lipinski definition) is 2. The summed E-state index contributed by atoms with van der Waals surface area (Å²) in [6, 6.07) is 0.509. The third kappa shape index (κ3) is 1.92. The first-order chi connectivity index (χ1) is 6.79. The maximum Gasteiger partial charge on any atom is 0.238 e.